The zero-order valence-corrected chi connectivity index (χ0v) is 14.0. The summed E-state index contributed by atoms with van der Waals surface area (Å²) in [4.78, 5) is 23.8. The number of carboxylic acids is 1. The van der Waals surface area contributed by atoms with Crippen LogP contribution in [0.2, 0.25) is 0 Å². The summed E-state index contributed by atoms with van der Waals surface area (Å²) in [5.74, 6) is -0.201. The monoisotopic (exact) mass is 346 g/mol. The van der Waals surface area contributed by atoms with Crippen LogP contribution in [-0.4, -0.2) is 49.0 Å². The predicted octanol–water partition coefficient (Wildman–Crippen LogP) is 1.19. The number of aromatic nitrogens is 3. The molecular weight excluding hydrogens is 328 g/mol. The van der Waals surface area contributed by atoms with Crippen molar-refractivity contribution in [2.24, 2.45) is 0 Å². The molecule has 1 fully saturated rings. The van der Waals surface area contributed by atoms with Crippen molar-refractivity contribution in [3.63, 3.8) is 0 Å². The smallest absolute Gasteiger partial charge is 0.330 e. The number of rotatable bonds is 5. The van der Waals surface area contributed by atoms with Gasteiger partial charge in [-0.25, -0.2) is 9.48 Å². The maximum atomic E-state index is 12.3. The van der Waals surface area contributed by atoms with Gasteiger partial charge in [-0.3, -0.25) is 4.79 Å². The van der Waals surface area contributed by atoms with Crippen molar-refractivity contribution < 1.29 is 14.7 Å². The average Bonchev–Trinajstić information content (AvgIpc) is 3.17. The molecular formula is C16H18N4O3S. The van der Waals surface area contributed by atoms with Gasteiger partial charge in [-0.15, -0.1) is 5.10 Å². The van der Waals surface area contributed by atoms with Crippen LogP contribution >= 0.6 is 11.8 Å². The fraction of sp³-hybridized carbons (Fsp3) is 0.375. The van der Waals surface area contributed by atoms with Crippen LogP contribution in [0.1, 0.15) is 17.8 Å². The second kappa shape index (κ2) is 6.64. The number of para-hydroxylation sites is 1. The first kappa shape index (κ1) is 16.5. The molecule has 0 spiro atoms. The summed E-state index contributed by atoms with van der Waals surface area (Å²) in [6, 6.07) is 9.52. The third kappa shape index (κ3) is 3.14. The number of carbonyl (C=O) groups excluding carboxylic acids is 1. The molecule has 3 rings (SSSR count). The zero-order valence-electron chi connectivity index (χ0n) is 13.2. The normalized spacial score (nSPS) is 20.0. The molecule has 0 aliphatic carbocycles. The number of thioether (sulfide) groups is 1. The molecule has 2 aromatic rings. The topological polar surface area (TPSA) is 97.1 Å². The maximum absolute atomic E-state index is 12.3. The number of benzene rings is 1. The molecule has 0 saturated carbocycles. The Hall–Kier alpha value is -2.35. The van der Waals surface area contributed by atoms with Crippen molar-refractivity contribution in [3.8, 4) is 5.69 Å². The van der Waals surface area contributed by atoms with Crippen molar-refractivity contribution in [1.82, 2.24) is 20.3 Å². The van der Waals surface area contributed by atoms with Crippen molar-refractivity contribution in [3.05, 3.63) is 41.7 Å². The van der Waals surface area contributed by atoms with E-state index in [1.165, 1.54) is 11.8 Å². The number of nitrogens with zero attached hydrogens (tertiary/aromatic N) is 3. The summed E-state index contributed by atoms with van der Waals surface area (Å²) >= 11 is 1.53. The molecule has 7 nitrogen and oxygen atoms in total. The van der Waals surface area contributed by atoms with Gasteiger partial charge < -0.3 is 10.4 Å². The summed E-state index contributed by atoms with van der Waals surface area (Å²) < 4.78 is 1.67. The van der Waals surface area contributed by atoms with E-state index in [9.17, 15) is 14.7 Å². The number of hydrogen-bond acceptors (Lipinski definition) is 5. The minimum atomic E-state index is -1.16. The summed E-state index contributed by atoms with van der Waals surface area (Å²) in [5.41, 5.74) is 1.01. The predicted molar refractivity (Wildman–Crippen MR) is 90.3 cm³/mol. The van der Waals surface area contributed by atoms with Gasteiger partial charge in [0.2, 0.25) is 5.91 Å². The van der Waals surface area contributed by atoms with Crippen molar-refractivity contribution in [2.75, 3.05) is 11.5 Å². The van der Waals surface area contributed by atoms with Crippen LogP contribution in [0, 0.1) is 6.92 Å². The highest BCUT2D eigenvalue weighted by atomic mass is 32.2. The zero-order chi connectivity index (χ0) is 17.2. The first-order valence-corrected chi connectivity index (χ1v) is 8.76. The molecule has 1 saturated heterocycles. The maximum Gasteiger partial charge on any atom is 0.330 e. The van der Waals surface area contributed by atoms with E-state index in [0.717, 1.165) is 17.1 Å². The van der Waals surface area contributed by atoms with E-state index in [1.807, 2.05) is 37.3 Å². The van der Waals surface area contributed by atoms with Crippen LogP contribution in [-0.2, 0) is 16.0 Å². The molecule has 0 radical (unpaired) electrons. The van der Waals surface area contributed by atoms with Gasteiger partial charge in [-0.1, -0.05) is 23.4 Å². The minimum Gasteiger partial charge on any atom is -0.479 e. The van der Waals surface area contributed by atoms with E-state index in [2.05, 4.69) is 15.6 Å². The molecule has 126 valence electrons. The quantitative estimate of drug-likeness (QED) is 0.844. The lowest BCUT2D eigenvalue weighted by atomic mass is 9.99. The van der Waals surface area contributed by atoms with E-state index in [-0.39, 0.29) is 12.3 Å². The third-order valence-corrected chi connectivity index (χ3v) is 5.32. The fourth-order valence-electron chi connectivity index (χ4n) is 2.69. The summed E-state index contributed by atoms with van der Waals surface area (Å²) in [6.07, 6.45) is 0.451. The Morgan fingerprint density at radius 1 is 1.38 bits per heavy atom. The summed E-state index contributed by atoms with van der Waals surface area (Å²) in [6.45, 7) is 1.84. The number of carboxylic acid groups (broad SMARTS) is 1. The van der Waals surface area contributed by atoms with Crippen LogP contribution in [0.3, 0.4) is 0 Å². The van der Waals surface area contributed by atoms with Gasteiger partial charge in [0.1, 0.15) is 5.54 Å². The Labute approximate surface area is 143 Å². The molecule has 2 N–H and O–H groups in total. The highest BCUT2D eigenvalue weighted by molar-refractivity contribution is 7.99. The highest BCUT2D eigenvalue weighted by Crippen LogP contribution is 2.28. The number of aliphatic carboxylic acids is 1. The number of nitrogens with one attached hydrogen (secondary N) is 1. The van der Waals surface area contributed by atoms with Crippen LogP contribution in [0.4, 0.5) is 0 Å². The molecule has 1 aliphatic rings. The first-order valence-electron chi connectivity index (χ1n) is 7.60. The van der Waals surface area contributed by atoms with E-state index in [1.54, 1.807) is 4.68 Å². The largest absolute Gasteiger partial charge is 0.479 e. The highest BCUT2D eigenvalue weighted by Gasteiger charge is 2.43. The van der Waals surface area contributed by atoms with Crippen molar-refractivity contribution >= 4 is 23.6 Å². The third-order valence-electron chi connectivity index (χ3n) is 4.13. The lowest BCUT2D eigenvalue weighted by Crippen LogP contribution is -2.55. The van der Waals surface area contributed by atoms with Gasteiger partial charge in [0.15, 0.2) is 0 Å². The van der Waals surface area contributed by atoms with Crippen LogP contribution in [0.25, 0.3) is 5.69 Å². The lowest BCUT2D eigenvalue weighted by molar-refractivity contribution is -0.146. The second-order valence-electron chi connectivity index (χ2n) is 5.78. The summed E-state index contributed by atoms with van der Waals surface area (Å²) in [7, 11) is 0. The lowest BCUT2D eigenvalue weighted by Gasteiger charge is -2.24. The van der Waals surface area contributed by atoms with Crippen LogP contribution in [0.15, 0.2) is 30.3 Å². The van der Waals surface area contributed by atoms with Gasteiger partial charge >= 0.3 is 5.97 Å². The second-order valence-corrected chi connectivity index (χ2v) is 6.89. The molecule has 1 aromatic carbocycles. The molecule has 1 amide bonds. The molecule has 0 bridgehead atoms. The standard InChI is InChI=1S/C16H18N4O3S/c1-11-13(18-19-20(11)12-5-3-2-4-6-12)9-14(21)17-16(15(22)23)7-8-24-10-16/h2-6H,7-10H2,1H3,(H,17,21)(H,22,23). The van der Waals surface area contributed by atoms with Gasteiger partial charge in [0.25, 0.3) is 0 Å². The number of amides is 1. The van der Waals surface area contributed by atoms with E-state index >= 15 is 0 Å². The Balaban J connectivity index is 1.74. The van der Waals surface area contributed by atoms with Gasteiger partial charge in [0, 0.05) is 5.75 Å². The molecule has 1 aromatic heterocycles. The van der Waals surface area contributed by atoms with Gasteiger partial charge in [0.05, 0.1) is 23.5 Å². The SMILES string of the molecule is Cc1c(CC(=O)NC2(C(=O)O)CCSC2)nnn1-c1ccccc1. The minimum absolute atomic E-state index is 0.0123. The van der Waals surface area contributed by atoms with E-state index in [4.69, 9.17) is 0 Å². The molecule has 8 heteroatoms. The fourth-order valence-corrected chi connectivity index (χ4v) is 4.01. The first-order chi connectivity index (χ1) is 11.5. The van der Waals surface area contributed by atoms with Crippen LogP contribution in [0.5, 0.6) is 0 Å². The van der Waals surface area contributed by atoms with Crippen LogP contribution < -0.4 is 5.32 Å². The molecule has 1 unspecified atom stereocenters. The average molecular weight is 346 g/mol. The van der Waals surface area contributed by atoms with Gasteiger partial charge in [-0.05, 0) is 31.2 Å². The Morgan fingerprint density at radius 2 is 2.12 bits per heavy atom. The summed E-state index contributed by atoms with van der Waals surface area (Å²) in [5, 5.41) is 20.3. The van der Waals surface area contributed by atoms with Gasteiger partial charge in [-0.2, -0.15) is 11.8 Å². The molecule has 2 heterocycles. The molecule has 1 atom stereocenters. The van der Waals surface area contributed by atoms with Crippen molar-refractivity contribution in [1.29, 1.82) is 0 Å². The van der Waals surface area contributed by atoms with E-state index in [0.29, 0.717) is 17.9 Å². The van der Waals surface area contributed by atoms with E-state index < -0.39 is 11.5 Å². The Bertz CT molecular complexity index is 754. The number of hydrogen-bond donors (Lipinski definition) is 2. The Morgan fingerprint density at radius 3 is 2.75 bits per heavy atom. The van der Waals surface area contributed by atoms with Crippen molar-refractivity contribution in [2.45, 2.75) is 25.3 Å². The molecule has 1 aliphatic heterocycles. The molecule has 24 heavy (non-hydrogen) atoms. The number of carbonyl (C=O) groups is 2. The Kier molecular flexibility index (Phi) is 4.57.